The summed E-state index contributed by atoms with van der Waals surface area (Å²) in [6.45, 7) is 1.54. The van der Waals surface area contributed by atoms with Crippen molar-refractivity contribution in [3.05, 3.63) is 66.7 Å². The number of fused-ring (bicyclic) bond motifs is 1. The average molecular weight is 395 g/mol. The van der Waals surface area contributed by atoms with Crippen molar-refractivity contribution >= 4 is 40.1 Å². The molecule has 6 heteroatoms. The summed E-state index contributed by atoms with van der Waals surface area (Å²) in [6, 6.07) is 21.1. The van der Waals surface area contributed by atoms with Gasteiger partial charge in [-0.1, -0.05) is 42.5 Å². The molecule has 144 valence electrons. The van der Waals surface area contributed by atoms with Crippen LogP contribution in [0.15, 0.2) is 71.6 Å². The average Bonchev–Trinajstić information content (AvgIpc) is 2.72. The Morgan fingerprint density at radius 1 is 1.00 bits per heavy atom. The minimum Gasteiger partial charge on any atom is -0.495 e. The van der Waals surface area contributed by atoms with Crippen LogP contribution in [0.5, 0.6) is 5.75 Å². The number of thioether (sulfide) groups is 1. The summed E-state index contributed by atoms with van der Waals surface area (Å²) < 4.78 is 10.5. The number of rotatable bonds is 7. The van der Waals surface area contributed by atoms with E-state index in [1.54, 1.807) is 25.1 Å². The molecule has 3 aromatic rings. The zero-order valence-electron chi connectivity index (χ0n) is 15.7. The molecule has 3 aromatic carbocycles. The zero-order chi connectivity index (χ0) is 19.9. The molecule has 0 saturated heterocycles. The minimum atomic E-state index is -0.908. The lowest BCUT2D eigenvalue weighted by Crippen LogP contribution is -2.30. The Morgan fingerprint density at radius 3 is 2.50 bits per heavy atom. The number of carbonyl (C=O) groups excluding carboxylic acids is 2. The van der Waals surface area contributed by atoms with Gasteiger partial charge in [0, 0.05) is 4.90 Å². The highest BCUT2D eigenvalue weighted by molar-refractivity contribution is 8.00. The molecule has 0 fully saturated rings. The van der Waals surface area contributed by atoms with Gasteiger partial charge in [0.25, 0.3) is 5.91 Å². The lowest BCUT2D eigenvalue weighted by Gasteiger charge is -2.15. The monoisotopic (exact) mass is 395 g/mol. The van der Waals surface area contributed by atoms with E-state index in [0.29, 0.717) is 11.4 Å². The molecule has 0 unspecified atom stereocenters. The summed E-state index contributed by atoms with van der Waals surface area (Å²) in [5.74, 6) is -0.180. The number of hydrogen-bond acceptors (Lipinski definition) is 5. The first-order chi connectivity index (χ1) is 13.6. The van der Waals surface area contributed by atoms with Gasteiger partial charge in [0.15, 0.2) is 6.10 Å². The van der Waals surface area contributed by atoms with E-state index in [1.165, 1.54) is 18.9 Å². The SMILES string of the molecule is COc1ccccc1NC(=O)[C@@H](C)OC(=O)CSc1ccc2ccccc2c1. The predicted octanol–water partition coefficient (Wildman–Crippen LogP) is 4.51. The van der Waals surface area contributed by atoms with E-state index < -0.39 is 18.0 Å². The fourth-order valence-corrected chi connectivity index (χ4v) is 3.39. The largest absolute Gasteiger partial charge is 0.495 e. The molecule has 28 heavy (non-hydrogen) atoms. The maximum absolute atomic E-state index is 12.3. The van der Waals surface area contributed by atoms with Crippen LogP contribution in [0.25, 0.3) is 10.8 Å². The topological polar surface area (TPSA) is 64.6 Å². The second-order valence-corrected chi connectivity index (χ2v) is 7.17. The molecule has 0 aliphatic carbocycles. The molecule has 0 bridgehead atoms. The van der Waals surface area contributed by atoms with Gasteiger partial charge in [0.2, 0.25) is 0 Å². The Kier molecular flexibility index (Phi) is 6.55. The van der Waals surface area contributed by atoms with E-state index in [-0.39, 0.29) is 5.75 Å². The van der Waals surface area contributed by atoms with E-state index >= 15 is 0 Å². The Hall–Kier alpha value is -2.99. The van der Waals surface area contributed by atoms with Crippen molar-refractivity contribution in [2.75, 3.05) is 18.2 Å². The molecule has 0 heterocycles. The van der Waals surface area contributed by atoms with Crippen molar-refractivity contribution in [1.29, 1.82) is 0 Å². The van der Waals surface area contributed by atoms with Gasteiger partial charge in [-0.05, 0) is 42.0 Å². The first kappa shape index (κ1) is 19.8. The third kappa shape index (κ3) is 5.04. The number of hydrogen-bond donors (Lipinski definition) is 1. The van der Waals surface area contributed by atoms with Crippen LogP contribution in [-0.2, 0) is 14.3 Å². The first-order valence-electron chi connectivity index (χ1n) is 8.82. The minimum absolute atomic E-state index is 0.130. The summed E-state index contributed by atoms with van der Waals surface area (Å²) in [6.07, 6.45) is -0.908. The Bertz CT molecular complexity index is 989. The van der Waals surface area contributed by atoms with Crippen molar-refractivity contribution in [3.8, 4) is 5.75 Å². The van der Waals surface area contributed by atoms with Gasteiger partial charge in [0.1, 0.15) is 5.75 Å². The molecular weight excluding hydrogens is 374 g/mol. The zero-order valence-corrected chi connectivity index (χ0v) is 16.5. The van der Waals surface area contributed by atoms with Crippen molar-refractivity contribution in [3.63, 3.8) is 0 Å². The molecule has 1 N–H and O–H groups in total. The summed E-state index contributed by atoms with van der Waals surface area (Å²) in [4.78, 5) is 25.4. The second kappa shape index (κ2) is 9.28. The van der Waals surface area contributed by atoms with Gasteiger partial charge in [-0.3, -0.25) is 9.59 Å². The number of para-hydroxylation sites is 2. The van der Waals surface area contributed by atoms with Crippen molar-refractivity contribution in [2.45, 2.75) is 17.9 Å². The number of amides is 1. The lowest BCUT2D eigenvalue weighted by atomic mass is 10.1. The third-order valence-electron chi connectivity index (χ3n) is 4.12. The number of carbonyl (C=O) groups is 2. The Morgan fingerprint density at radius 2 is 1.71 bits per heavy atom. The smallest absolute Gasteiger partial charge is 0.317 e. The molecule has 0 aliphatic heterocycles. The summed E-state index contributed by atoms with van der Waals surface area (Å²) in [7, 11) is 1.53. The fourth-order valence-electron chi connectivity index (χ4n) is 2.67. The van der Waals surface area contributed by atoms with E-state index in [1.807, 2.05) is 48.5 Å². The molecule has 1 amide bonds. The normalized spacial score (nSPS) is 11.6. The predicted molar refractivity (Wildman–Crippen MR) is 112 cm³/mol. The number of benzene rings is 3. The molecule has 0 aliphatic rings. The number of ether oxygens (including phenoxy) is 2. The van der Waals surface area contributed by atoms with Crippen LogP contribution in [0.3, 0.4) is 0 Å². The number of methoxy groups -OCH3 is 1. The van der Waals surface area contributed by atoms with Crippen LogP contribution in [0.1, 0.15) is 6.92 Å². The Balaban J connectivity index is 1.52. The third-order valence-corrected chi connectivity index (χ3v) is 5.09. The Labute approximate surface area is 168 Å². The molecular formula is C22H21NO4S. The van der Waals surface area contributed by atoms with Gasteiger partial charge in [-0.15, -0.1) is 11.8 Å². The lowest BCUT2D eigenvalue weighted by molar-refractivity contribution is -0.150. The van der Waals surface area contributed by atoms with E-state index in [0.717, 1.165) is 15.7 Å². The van der Waals surface area contributed by atoms with Crippen LogP contribution >= 0.6 is 11.8 Å². The standard InChI is InChI=1S/C22H21NO4S/c1-15(22(25)23-19-9-5-6-10-20(19)26-2)27-21(24)14-28-18-12-11-16-7-3-4-8-17(16)13-18/h3-13,15H,14H2,1-2H3,(H,23,25)/t15-/m1/s1. The van der Waals surface area contributed by atoms with Crippen LogP contribution in [0, 0.1) is 0 Å². The van der Waals surface area contributed by atoms with Gasteiger partial charge in [-0.2, -0.15) is 0 Å². The van der Waals surface area contributed by atoms with E-state index in [4.69, 9.17) is 9.47 Å². The molecule has 0 spiro atoms. The van der Waals surface area contributed by atoms with Crippen molar-refractivity contribution in [2.24, 2.45) is 0 Å². The van der Waals surface area contributed by atoms with E-state index in [2.05, 4.69) is 5.32 Å². The number of esters is 1. The first-order valence-corrected chi connectivity index (χ1v) is 9.80. The van der Waals surface area contributed by atoms with E-state index in [9.17, 15) is 9.59 Å². The summed E-state index contributed by atoms with van der Waals surface area (Å²) in [5.41, 5.74) is 0.531. The molecule has 0 aromatic heterocycles. The second-order valence-electron chi connectivity index (χ2n) is 6.12. The quantitative estimate of drug-likeness (QED) is 0.471. The van der Waals surface area contributed by atoms with Crippen LogP contribution in [-0.4, -0.2) is 30.8 Å². The summed E-state index contributed by atoms with van der Waals surface area (Å²) in [5, 5.41) is 4.98. The van der Waals surface area contributed by atoms with Crippen molar-refractivity contribution in [1.82, 2.24) is 0 Å². The van der Waals surface area contributed by atoms with Crippen LogP contribution in [0.4, 0.5) is 5.69 Å². The fraction of sp³-hybridized carbons (Fsp3) is 0.182. The molecule has 0 saturated carbocycles. The number of nitrogens with one attached hydrogen (secondary N) is 1. The maximum Gasteiger partial charge on any atom is 0.317 e. The van der Waals surface area contributed by atoms with Gasteiger partial charge in [0.05, 0.1) is 18.6 Å². The summed E-state index contributed by atoms with van der Waals surface area (Å²) >= 11 is 1.38. The van der Waals surface area contributed by atoms with Gasteiger partial charge < -0.3 is 14.8 Å². The molecule has 1 atom stereocenters. The van der Waals surface area contributed by atoms with Crippen LogP contribution in [0.2, 0.25) is 0 Å². The van der Waals surface area contributed by atoms with Gasteiger partial charge in [-0.25, -0.2) is 0 Å². The molecule has 3 rings (SSSR count). The van der Waals surface area contributed by atoms with Crippen molar-refractivity contribution < 1.29 is 19.1 Å². The van der Waals surface area contributed by atoms with Gasteiger partial charge >= 0.3 is 5.97 Å². The highest BCUT2D eigenvalue weighted by Gasteiger charge is 2.19. The molecule has 0 radical (unpaired) electrons. The maximum atomic E-state index is 12.3. The number of anilines is 1. The highest BCUT2D eigenvalue weighted by Crippen LogP contribution is 2.25. The highest BCUT2D eigenvalue weighted by atomic mass is 32.2. The van der Waals surface area contributed by atoms with Crippen LogP contribution < -0.4 is 10.1 Å². The molecule has 5 nitrogen and oxygen atoms in total.